The van der Waals surface area contributed by atoms with Crippen LogP contribution in [0.5, 0.6) is 0 Å². The Balaban J connectivity index is 1.58. The molecule has 1 aliphatic rings. The lowest BCUT2D eigenvalue weighted by Gasteiger charge is -2.26. The second-order valence-electron chi connectivity index (χ2n) is 9.50. The highest BCUT2D eigenvalue weighted by Crippen LogP contribution is 2.21. The third kappa shape index (κ3) is 7.31. The second kappa shape index (κ2) is 12.9. The molecule has 1 N–H and O–H groups in total. The van der Waals surface area contributed by atoms with E-state index in [1.807, 2.05) is 26.0 Å². The molecule has 2 aromatic rings. The van der Waals surface area contributed by atoms with Crippen molar-refractivity contribution in [2.75, 3.05) is 38.2 Å². The summed E-state index contributed by atoms with van der Waals surface area (Å²) in [7, 11) is -3.65. The lowest BCUT2D eigenvalue weighted by atomic mass is 10.1. The van der Waals surface area contributed by atoms with Gasteiger partial charge in [-0.3, -0.25) is 4.79 Å². The molecule has 0 saturated carbocycles. The third-order valence-electron chi connectivity index (χ3n) is 6.26. The molecule has 10 nitrogen and oxygen atoms in total. The predicted octanol–water partition coefficient (Wildman–Crippen LogP) is 3.26. The van der Waals surface area contributed by atoms with Crippen molar-refractivity contribution in [2.24, 2.45) is 5.92 Å². The fraction of sp³-hybridized carbons (Fsp3) is 0.444. The van der Waals surface area contributed by atoms with Crippen molar-refractivity contribution in [1.82, 2.24) is 8.87 Å². The summed E-state index contributed by atoms with van der Waals surface area (Å²) in [5.74, 6) is -0.972. The molecule has 3 rings (SSSR count). The number of carbonyl (C=O) groups excluding carboxylic acids is 2. The van der Waals surface area contributed by atoms with Gasteiger partial charge >= 0.3 is 5.97 Å². The summed E-state index contributed by atoms with van der Waals surface area (Å²) < 4.78 is 39.2. The number of nitrogens with zero attached hydrogens (tertiary/aromatic N) is 3. The molecule has 1 saturated heterocycles. The number of sulfonamides is 1. The molecule has 204 valence electrons. The van der Waals surface area contributed by atoms with Gasteiger partial charge in [0.15, 0.2) is 6.61 Å². The van der Waals surface area contributed by atoms with Gasteiger partial charge in [0.1, 0.15) is 11.6 Å². The molecule has 0 atom stereocenters. The first-order valence-corrected chi connectivity index (χ1v) is 13.9. The van der Waals surface area contributed by atoms with E-state index < -0.39 is 28.5 Å². The molecule has 0 radical (unpaired) electrons. The Hall–Kier alpha value is -3.46. The molecule has 11 heteroatoms. The van der Waals surface area contributed by atoms with Gasteiger partial charge in [-0.15, -0.1) is 0 Å². The lowest BCUT2D eigenvalue weighted by molar-refractivity contribution is -0.142. The minimum atomic E-state index is -3.65. The Labute approximate surface area is 223 Å². The van der Waals surface area contributed by atoms with Crippen molar-refractivity contribution in [3.8, 4) is 6.07 Å². The average molecular weight is 543 g/mol. The van der Waals surface area contributed by atoms with Crippen LogP contribution in [0.15, 0.2) is 40.8 Å². The SMILES string of the molecule is Cc1cc(/C=C(/C#N)C(=O)OCC(=O)Nc2ccc(S(=O)(=O)N3CCOCC3)cc2)c(C)n1CCC(C)C. The smallest absolute Gasteiger partial charge is 0.349 e. The molecule has 38 heavy (non-hydrogen) atoms. The van der Waals surface area contributed by atoms with E-state index in [-0.39, 0.29) is 23.6 Å². The van der Waals surface area contributed by atoms with Gasteiger partial charge in [0.25, 0.3) is 5.91 Å². The number of benzene rings is 1. The zero-order valence-corrected chi connectivity index (χ0v) is 23.0. The van der Waals surface area contributed by atoms with E-state index in [0.717, 1.165) is 29.9 Å². The maximum absolute atomic E-state index is 12.7. The van der Waals surface area contributed by atoms with Crippen LogP contribution < -0.4 is 5.32 Å². The first-order chi connectivity index (χ1) is 18.0. The molecule has 2 heterocycles. The predicted molar refractivity (Wildman–Crippen MR) is 143 cm³/mol. The molecule has 0 aliphatic carbocycles. The lowest BCUT2D eigenvalue weighted by Crippen LogP contribution is -2.40. The summed E-state index contributed by atoms with van der Waals surface area (Å²) in [6.45, 7) is 9.73. The maximum Gasteiger partial charge on any atom is 0.349 e. The van der Waals surface area contributed by atoms with Gasteiger partial charge in [-0.1, -0.05) is 13.8 Å². The molecule has 0 bridgehead atoms. The van der Waals surface area contributed by atoms with Gasteiger partial charge in [0.05, 0.1) is 18.1 Å². The van der Waals surface area contributed by atoms with E-state index in [1.165, 1.54) is 34.6 Å². The highest BCUT2D eigenvalue weighted by Gasteiger charge is 2.26. The first-order valence-electron chi connectivity index (χ1n) is 12.5. The zero-order chi connectivity index (χ0) is 27.9. The van der Waals surface area contributed by atoms with Crippen molar-refractivity contribution in [2.45, 2.75) is 45.6 Å². The van der Waals surface area contributed by atoms with Gasteiger partial charge in [0.2, 0.25) is 10.0 Å². The van der Waals surface area contributed by atoms with Crippen LogP contribution in [0, 0.1) is 31.1 Å². The van der Waals surface area contributed by atoms with E-state index in [1.54, 1.807) is 0 Å². The summed E-state index contributed by atoms with van der Waals surface area (Å²) in [4.78, 5) is 24.9. The Morgan fingerprint density at radius 3 is 2.45 bits per heavy atom. The van der Waals surface area contributed by atoms with Crippen LogP contribution in [-0.2, 0) is 35.6 Å². The highest BCUT2D eigenvalue weighted by molar-refractivity contribution is 7.89. The van der Waals surface area contributed by atoms with E-state index in [9.17, 15) is 23.3 Å². The summed E-state index contributed by atoms with van der Waals surface area (Å²) in [5.41, 5.74) is 2.86. The van der Waals surface area contributed by atoms with Crippen LogP contribution in [0.25, 0.3) is 6.08 Å². The summed E-state index contributed by atoms with van der Waals surface area (Å²) in [6.07, 6.45) is 2.48. The van der Waals surface area contributed by atoms with E-state index in [4.69, 9.17) is 9.47 Å². The number of rotatable bonds is 10. The standard InChI is InChI=1S/C27H34N4O6S/c1-19(2)9-10-31-20(3)15-22(21(31)4)16-23(17-28)27(33)37-18-26(32)29-24-5-7-25(8-6-24)38(34,35)30-11-13-36-14-12-30/h5-8,15-16,19H,9-14,18H2,1-4H3,(H,29,32)/b23-16-. The number of nitrogens with one attached hydrogen (secondary N) is 1. The molecule has 1 aliphatic heterocycles. The van der Waals surface area contributed by atoms with Crippen molar-refractivity contribution in [1.29, 1.82) is 5.26 Å². The molecule has 1 aromatic carbocycles. The number of esters is 1. The Kier molecular flexibility index (Phi) is 9.85. The minimum absolute atomic E-state index is 0.108. The van der Waals surface area contributed by atoms with Crippen molar-refractivity contribution in [3.05, 3.63) is 52.9 Å². The second-order valence-corrected chi connectivity index (χ2v) is 11.4. The molecular weight excluding hydrogens is 508 g/mol. The number of aromatic nitrogens is 1. The molecule has 1 aromatic heterocycles. The summed E-state index contributed by atoms with van der Waals surface area (Å²) in [6, 6.07) is 9.50. The third-order valence-corrected chi connectivity index (χ3v) is 8.18. The van der Waals surface area contributed by atoms with Crippen LogP contribution in [0.1, 0.15) is 37.2 Å². The molecule has 1 fully saturated rings. The van der Waals surface area contributed by atoms with Gasteiger partial charge in [-0.2, -0.15) is 9.57 Å². The van der Waals surface area contributed by atoms with E-state index in [0.29, 0.717) is 24.8 Å². The Morgan fingerprint density at radius 2 is 1.84 bits per heavy atom. The normalized spacial score (nSPS) is 14.8. The number of ether oxygens (including phenoxy) is 2. The van der Waals surface area contributed by atoms with E-state index >= 15 is 0 Å². The van der Waals surface area contributed by atoms with Crippen LogP contribution in [0.4, 0.5) is 5.69 Å². The number of carbonyl (C=O) groups is 2. The maximum atomic E-state index is 12.7. The fourth-order valence-electron chi connectivity index (χ4n) is 4.05. The van der Waals surface area contributed by atoms with E-state index in [2.05, 4.69) is 23.7 Å². The Bertz CT molecular complexity index is 1330. The van der Waals surface area contributed by atoms with Gasteiger partial charge in [-0.05, 0) is 68.2 Å². The molecule has 1 amide bonds. The van der Waals surface area contributed by atoms with Crippen molar-refractivity contribution >= 4 is 33.7 Å². The number of aryl methyl sites for hydroxylation is 1. The number of morpholine rings is 1. The molecule has 0 spiro atoms. The van der Waals surface area contributed by atoms with Crippen LogP contribution >= 0.6 is 0 Å². The highest BCUT2D eigenvalue weighted by atomic mass is 32.2. The van der Waals surface area contributed by atoms with Crippen LogP contribution in [0.3, 0.4) is 0 Å². The monoisotopic (exact) mass is 542 g/mol. The van der Waals surface area contributed by atoms with Gasteiger partial charge in [0, 0.05) is 36.7 Å². The zero-order valence-electron chi connectivity index (χ0n) is 22.2. The first kappa shape index (κ1) is 29.1. The summed E-state index contributed by atoms with van der Waals surface area (Å²) >= 11 is 0. The van der Waals surface area contributed by atoms with Crippen LogP contribution in [-0.4, -0.2) is 62.1 Å². The topological polar surface area (TPSA) is 131 Å². The van der Waals surface area contributed by atoms with Gasteiger partial charge in [-0.25, -0.2) is 13.2 Å². The molecular formula is C27H34N4O6S. The van der Waals surface area contributed by atoms with Crippen molar-refractivity contribution in [3.63, 3.8) is 0 Å². The van der Waals surface area contributed by atoms with Gasteiger partial charge < -0.3 is 19.4 Å². The average Bonchev–Trinajstić information content (AvgIpc) is 3.16. The fourth-order valence-corrected chi connectivity index (χ4v) is 5.46. The number of nitriles is 1. The van der Waals surface area contributed by atoms with Crippen LogP contribution in [0.2, 0.25) is 0 Å². The summed E-state index contributed by atoms with van der Waals surface area (Å²) in [5, 5.41) is 12.1. The van der Waals surface area contributed by atoms with Crippen molar-refractivity contribution < 1.29 is 27.5 Å². The number of anilines is 1. The number of hydrogen-bond acceptors (Lipinski definition) is 7. The largest absolute Gasteiger partial charge is 0.451 e. The minimum Gasteiger partial charge on any atom is -0.451 e. The molecule has 0 unspecified atom stereocenters. The number of hydrogen-bond donors (Lipinski definition) is 1. The Morgan fingerprint density at radius 1 is 1.18 bits per heavy atom. The quantitative estimate of drug-likeness (QED) is 0.277. The number of amides is 1.